The third-order valence-corrected chi connectivity index (χ3v) is 3.38. The molecule has 0 bridgehead atoms. The highest BCUT2D eigenvalue weighted by Gasteiger charge is 2.31. The van der Waals surface area contributed by atoms with Crippen LogP contribution in [0.4, 0.5) is 0 Å². The van der Waals surface area contributed by atoms with Gasteiger partial charge in [0.15, 0.2) is 0 Å². The molecule has 1 unspecified atom stereocenters. The third-order valence-electron chi connectivity index (χ3n) is 3.38. The van der Waals surface area contributed by atoms with Crippen LogP contribution in [-0.4, -0.2) is 0 Å². The normalized spacial score (nSPS) is 41.1. The molecule has 0 aromatic rings. The average Bonchev–Trinajstić information content (AvgIpc) is 2.14. The lowest BCUT2D eigenvalue weighted by Gasteiger charge is -2.21. The molecule has 0 saturated heterocycles. The van der Waals surface area contributed by atoms with E-state index < -0.39 is 0 Å². The van der Waals surface area contributed by atoms with E-state index in [0.717, 1.165) is 23.7 Å². The summed E-state index contributed by atoms with van der Waals surface area (Å²) in [7, 11) is 0. The number of hydrogen-bond donors (Lipinski definition) is 0. The summed E-state index contributed by atoms with van der Waals surface area (Å²) in [5.74, 6) is 3.86. The van der Waals surface area contributed by atoms with Crippen molar-refractivity contribution in [2.75, 3.05) is 0 Å². The van der Waals surface area contributed by atoms with Crippen LogP contribution >= 0.6 is 0 Å². The summed E-state index contributed by atoms with van der Waals surface area (Å²) in [4.78, 5) is 0. The molecule has 1 saturated carbocycles. The van der Waals surface area contributed by atoms with Crippen LogP contribution in [0.25, 0.3) is 0 Å². The molecule has 1 aliphatic rings. The van der Waals surface area contributed by atoms with Gasteiger partial charge in [0.1, 0.15) is 0 Å². The fraction of sp³-hybridized carbons (Fsp3) is 1.00. The van der Waals surface area contributed by atoms with Crippen molar-refractivity contribution in [2.24, 2.45) is 23.7 Å². The Balaban J connectivity index is 2.49. The van der Waals surface area contributed by atoms with E-state index in [0.29, 0.717) is 0 Å². The van der Waals surface area contributed by atoms with Gasteiger partial charge < -0.3 is 0 Å². The van der Waals surface area contributed by atoms with Gasteiger partial charge in [0.05, 0.1) is 0 Å². The summed E-state index contributed by atoms with van der Waals surface area (Å²) in [6.07, 6.45) is 2.93. The van der Waals surface area contributed by atoms with E-state index in [-0.39, 0.29) is 0 Å². The van der Waals surface area contributed by atoms with E-state index in [4.69, 9.17) is 0 Å². The van der Waals surface area contributed by atoms with Crippen LogP contribution < -0.4 is 0 Å². The van der Waals surface area contributed by atoms with Gasteiger partial charge >= 0.3 is 0 Å². The van der Waals surface area contributed by atoms with Crippen molar-refractivity contribution < 1.29 is 0 Å². The molecule has 0 spiro atoms. The van der Waals surface area contributed by atoms with Crippen molar-refractivity contribution in [3.63, 3.8) is 0 Å². The second kappa shape index (κ2) is 2.94. The lowest BCUT2D eigenvalue weighted by atomic mass is 9.85. The molecule has 0 nitrogen and oxygen atoms in total. The van der Waals surface area contributed by atoms with E-state index in [1.165, 1.54) is 12.8 Å². The monoisotopic (exact) mass is 140 g/mol. The van der Waals surface area contributed by atoms with Crippen LogP contribution in [-0.2, 0) is 0 Å². The van der Waals surface area contributed by atoms with Crippen LogP contribution in [0.2, 0.25) is 0 Å². The van der Waals surface area contributed by atoms with Crippen molar-refractivity contribution >= 4 is 0 Å². The molecule has 1 fully saturated rings. The first-order valence-corrected chi connectivity index (χ1v) is 4.63. The SMILES string of the molecule is CC1CC[C@H](C(C)C)[C@@H]1C. The van der Waals surface area contributed by atoms with Gasteiger partial charge in [-0.3, -0.25) is 0 Å². The van der Waals surface area contributed by atoms with Crippen molar-refractivity contribution in [2.45, 2.75) is 40.5 Å². The third kappa shape index (κ3) is 1.36. The summed E-state index contributed by atoms with van der Waals surface area (Å²) in [6.45, 7) is 9.54. The Hall–Kier alpha value is 0. The first-order chi connectivity index (χ1) is 4.63. The van der Waals surface area contributed by atoms with Gasteiger partial charge in [-0.05, 0) is 30.1 Å². The second-order valence-electron chi connectivity index (χ2n) is 4.32. The summed E-state index contributed by atoms with van der Waals surface area (Å²) < 4.78 is 0. The first-order valence-electron chi connectivity index (χ1n) is 4.63. The van der Waals surface area contributed by atoms with Crippen molar-refractivity contribution in [1.29, 1.82) is 0 Å². The summed E-state index contributed by atoms with van der Waals surface area (Å²) in [5, 5.41) is 0. The zero-order chi connectivity index (χ0) is 7.72. The van der Waals surface area contributed by atoms with Gasteiger partial charge in [-0.1, -0.05) is 34.1 Å². The lowest BCUT2D eigenvalue weighted by Crippen LogP contribution is -2.14. The van der Waals surface area contributed by atoms with Crippen molar-refractivity contribution in [3.05, 3.63) is 0 Å². The Morgan fingerprint density at radius 2 is 1.70 bits per heavy atom. The molecule has 0 heteroatoms. The molecule has 1 rings (SSSR count). The van der Waals surface area contributed by atoms with Gasteiger partial charge in [-0.15, -0.1) is 0 Å². The molecule has 0 radical (unpaired) electrons. The highest BCUT2D eigenvalue weighted by Crippen LogP contribution is 2.40. The van der Waals surface area contributed by atoms with Gasteiger partial charge in [-0.25, -0.2) is 0 Å². The molecule has 0 amide bonds. The topological polar surface area (TPSA) is 0 Å². The van der Waals surface area contributed by atoms with E-state index in [1.54, 1.807) is 0 Å². The highest BCUT2D eigenvalue weighted by molar-refractivity contribution is 4.81. The maximum absolute atomic E-state index is 2.42. The van der Waals surface area contributed by atoms with Crippen molar-refractivity contribution in [1.82, 2.24) is 0 Å². The first kappa shape index (κ1) is 8.10. The van der Waals surface area contributed by atoms with Crippen LogP contribution in [0.3, 0.4) is 0 Å². The van der Waals surface area contributed by atoms with Crippen molar-refractivity contribution in [3.8, 4) is 0 Å². The molecule has 0 aromatic heterocycles. The summed E-state index contributed by atoms with van der Waals surface area (Å²) >= 11 is 0. The smallest absolute Gasteiger partial charge is 0.0363 e. The maximum Gasteiger partial charge on any atom is -0.0363 e. The summed E-state index contributed by atoms with van der Waals surface area (Å²) in [6, 6.07) is 0. The minimum Gasteiger partial charge on any atom is -0.0625 e. The molecule has 0 aliphatic heterocycles. The molecule has 60 valence electrons. The second-order valence-corrected chi connectivity index (χ2v) is 4.32. The standard InChI is InChI=1S/C10H20/c1-7(2)10-6-5-8(3)9(10)4/h7-10H,5-6H2,1-4H3/t8?,9-,10-/m1/s1. The minimum absolute atomic E-state index is 0.903. The Morgan fingerprint density at radius 1 is 1.10 bits per heavy atom. The van der Waals surface area contributed by atoms with Gasteiger partial charge in [0, 0.05) is 0 Å². The lowest BCUT2D eigenvalue weighted by molar-refractivity contribution is 0.282. The Kier molecular flexibility index (Phi) is 2.38. The fourth-order valence-corrected chi connectivity index (χ4v) is 2.34. The van der Waals surface area contributed by atoms with E-state index in [1.807, 2.05) is 0 Å². The maximum atomic E-state index is 2.42. The van der Waals surface area contributed by atoms with Crippen LogP contribution in [0.15, 0.2) is 0 Å². The largest absolute Gasteiger partial charge is 0.0625 e. The average molecular weight is 140 g/mol. The summed E-state index contributed by atoms with van der Waals surface area (Å²) in [5.41, 5.74) is 0. The van der Waals surface area contributed by atoms with E-state index in [9.17, 15) is 0 Å². The Morgan fingerprint density at radius 3 is 1.90 bits per heavy atom. The number of rotatable bonds is 1. The molecular weight excluding hydrogens is 120 g/mol. The quantitative estimate of drug-likeness (QED) is 0.524. The molecule has 0 heterocycles. The molecule has 10 heavy (non-hydrogen) atoms. The van der Waals surface area contributed by atoms with E-state index in [2.05, 4.69) is 27.7 Å². The molecule has 0 aromatic carbocycles. The predicted molar refractivity (Wildman–Crippen MR) is 45.9 cm³/mol. The van der Waals surface area contributed by atoms with Crippen LogP contribution in [0.1, 0.15) is 40.5 Å². The molecule has 1 aliphatic carbocycles. The Labute approximate surface area is 65.0 Å². The van der Waals surface area contributed by atoms with Crippen LogP contribution in [0, 0.1) is 23.7 Å². The number of hydrogen-bond acceptors (Lipinski definition) is 0. The Bertz CT molecular complexity index is 105. The van der Waals surface area contributed by atoms with Gasteiger partial charge in [0.25, 0.3) is 0 Å². The highest BCUT2D eigenvalue weighted by atomic mass is 14.4. The zero-order valence-corrected chi connectivity index (χ0v) is 7.72. The van der Waals surface area contributed by atoms with Gasteiger partial charge in [0.2, 0.25) is 0 Å². The van der Waals surface area contributed by atoms with Crippen LogP contribution in [0.5, 0.6) is 0 Å². The fourth-order valence-electron chi connectivity index (χ4n) is 2.34. The molecule has 0 N–H and O–H groups in total. The predicted octanol–water partition coefficient (Wildman–Crippen LogP) is 3.32. The van der Waals surface area contributed by atoms with Gasteiger partial charge in [-0.2, -0.15) is 0 Å². The molecule has 3 atom stereocenters. The molecular formula is C10H20. The minimum atomic E-state index is 0.903. The van der Waals surface area contributed by atoms with E-state index >= 15 is 0 Å². The zero-order valence-electron chi connectivity index (χ0n) is 7.72.